The third kappa shape index (κ3) is 14.4. The minimum Gasteiger partial charge on any atom is -0.375 e. The summed E-state index contributed by atoms with van der Waals surface area (Å²) in [5, 5.41) is 6.18. The molecule has 5 unspecified atom stereocenters. The topological polar surface area (TPSA) is 157 Å². The first-order valence-electron chi connectivity index (χ1n) is 19.4. The molecule has 0 spiro atoms. The first-order valence-corrected chi connectivity index (χ1v) is 19.4. The van der Waals surface area contributed by atoms with E-state index < -0.39 is 17.7 Å². The van der Waals surface area contributed by atoms with Crippen LogP contribution in [-0.2, 0) is 23.9 Å². The molecule has 1 aliphatic heterocycles. The average molecular weight is 730 g/mol. The van der Waals surface area contributed by atoms with Crippen LogP contribution in [0.25, 0.3) is 0 Å². The van der Waals surface area contributed by atoms with Crippen molar-refractivity contribution in [1.82, 2.24) is 15.5 Å². The Morgan fingerprint density at radius 3 is 2.10 bits per heavy atom. The molecule has 7 atom stereocenters. The molecular formula is C42H75N5O5. The van der Waals surface area contributed by atoms with Gasteiger partial charge in [0.05, 0.1) is 24.2 Å². The SMILES string of the molecule is C=CC1[C@@H]2[C@H](CN1C(=O)C(NC)C(C)(C)C)C2(C)C.CC.CC.COC(C1=CCC=CC=C1)C(NC(C)=O)C(C)C.NC(=O)C(=O)C(N)CC1CC1. The number of hydrogen-bond donors (Lipinski definition) is 4. The van der Waals surface area contributed by atoms with Crippen LogP contribution in [0, 0.1) is 34.5 Å². The lowest BCUT2D eigenvalue weighted by atomic mass is 9.85. The monoisotopic (exact) mass is 730 g/mol. The number of ketones is 1. The van der Waals surface area contributed by atoms with E-state index in [1.54, 1.807) is 14.0 Å². The van der Waals surface area contributed by atoms with Crippen LogP contribution in [0.2, 0.25) is 0 Å². The van der Waals surface area contributed by atoms with Crippen LogP contribution < -0.4 is 22.1 Å². The number of ether oxygens (including phenoxy) is 1. The number of piperidine rings is 1. The largest absolute Gasteiger partial charge is 0.375 e. The summed E-state index contributed by atoms with van der Waals surface area (Å²) in [6.45, 7) is 29.5. The third-order valence-electron chi connectivity index (χ3n) is 10.1. The highest BCUT2D eigenvalue weighted by atomic mass is 16.5. The van der Waals surface area contributed by atoms with Crippen LogP contribution in [0.15, 0.2) is 48.6 Å². The van der Waals surface area contributed by atoms with Gasteiger partial charge in [-0.1, -0.05) is 125 Å². The second kappa shape index (κ2) is 22.9. The number of primary amides is 1. The number of amides is 3. The van der Waals surface area contributed by atoms with Crippen LogP contribution in [0.4, 0.5) is 0 Å². The van der Waals surface area contributed by atoms with Crippen LogP contribution in [-0.4, -0.2) is 79.4 Å². The van der Waals surface area contributed by atoms with Gasteiger partial charge in [0.2, 0.25) is 17.6 Å². The maximum atomic E-state index is 12.8. The Labute approximate surface area is 316 Å². The Balaban J connectivity index is 0.000000736. The number of rotatable bonds is 12. The minimum absolute atomic E-state index is 0.0125. The maximum Gasteiger partial charge on any atom is 0.286 e. The number of likely N-dealkylation sites (tertiary alicyclic amines) is 1. The van der Waals surface area contributed by atoms with Crippen LogP contribution in [0.1, 0.15) is 109 Å². The number of methoxy groups -OCH3 is 1. The van der Waals surface area contributed by atoms with Crippen molar-refractivity contribution in [2.45, 2.75) is 139 Å². The number of nitrogens with two attached hydrogens (primary N) is 2. The lowest BCUT2D eigenvalue weighted by molar-refractivity contribution is -0.137. The standard InChI is InChI=1S/C16H28N2O.C15H23NO2.C7H12N2O2.2C2H6/c1-8-11-12-10(16(12,5)6)9-18(11)14(19)13(17-7)15(2,3)4;1-11(2)14(16-12(3)17)15(18-4)13-9-7-5-6-8-10-13;8-5(3-4-1-2-4)6(10)7(9)11;2*1-2/h8,10-13,17H,1,9H2,2-7H3;5-7,9-11,14-15H,8H2,1-4H3,(H,16,17);4-5H,1-3,8H2,(H2,9,11);2*1-2H3/t10-,11?,12-,13?;;;;/m0..../s1. The van der Waals surface area contributed by atoms with E-state index in [4.69, 9.17) is 16.2 Å². The molecule has 4 rings (SSSR count). The molecule has 3 amide bonds. The number of Topliss-reactive ketones (excluding diaryl/α,β-unsaturated/α-hetero) is 1. The second-order valence-corrected chi connectivity index (χ2v) is 15.6. The molecule has 6 N–H and O–H groups in total. The zero-order chi connectivity index (χ0) is 40.6. The van der Waals surface area contributed by atoms with E-state index in [0.29, 0.717) is 35.5 Å². The van der Waals surface area contributed by atoms with Crippen LogP contribution in [0.3, 0.4) is 0 Å². The molecule has 298 valence electrons. The molecule has 0 bridgehead atoms. The van der Waals surface area contributed by atoms with Crippen molar-refractivity contribution >= 4 is 23.5 Å². The van der Waals surface area contributed by atoms with Gasteiger partial charge in [0, 0.05) is 20.6 Å². The van der Waals surface area contributed by atoms with Gasteiger partial charge in [0.25, 0.3) is 5.91 Å². The van der Waals surface area contributed by atoms with E-state index in [-0.39, 0.29) is 41.5 Å². The summed E-state index contributed by atoms with van der Waals surface area (Å²) in [4.78, 5) is 47.3. The summed E-state index contributed by atoms with van der Waals surface area (Å²) < 4.78 is 5.61. The molecule has 0 radical (unpaired) electrons. The van der Waals surface area contributed by atoms with Gasteiger partial charge in [-0.15, -0.1) is 6.58 Å². The summed E-state index contributed by atoms with van der Waals surface area (Å²) in [5.74, 6) is 0.756. The molecule has 0 aromatic carbocycles. The van der Waals surface area contributed by atoms with Crippen LogP contribution in [0.5, 0.6) is 0 Å². The van der Waals surface area contributed by atoms with Crippen molar-refractivity contribution < 1.29 is 23.9 Å². The fraction of sp³-hybridized carbons (Fsp3) is 0.714. The fourth-order valence-corrected chi connectivity index (χ4v) is 7.07. The quantitative estimate of drug-likeness (QED) is 0.139. The maximum absolute atomic E-state index is 12.8. The number of carbonyl (C=O) groups is 4. The lowest BCUT2D eigenvalue weighted by Crippen LogP contribution is -2.54. The number of likely N-dealkylation sites (N-methyl/N-ethyl adjacent to an activating group) is 1. The molecule has 52 heavy (non-hydrogen) atoms. The zero-order valence-electron chi connectivity index (χ0n) is 35.0. The molecule has 4 aliphatic rings. The predicted molar refractivity (Wildman–Crippen MR) is 215 cm³/mol. The Bertz CT molecular complexity index is 1240. The molecule has 0 aromatic rings. The molecule has 3 aliphatic carbocycles. The van der Waals surface area contributed by atoms with Gasteiger partial charge in [0.15, 0.2) is 0 Å². The summed E-state index contributed by atoms with van der Waals surface area (Å²) in [5.41, 5.74) is 11.6. The van der Waals surface area contributed by atoms with E-state index in [9.17, 15) is 19.2 Å². The van der Waals surface area contributed by atoms with Gasteiger partial charge >= 0.3 is 0 Å². The van der Waals surface area contributed by atoms with Crippen molar-refractivity contribution in [3.05, 3.63) is 48.6 Å². The number of carbonyl (C=O) groups excluding carboxylic acids is 4. The first kappa shape index (κ1) is 48.9. The van der Waals surface area contributed by atoms with E-state index in [1.165, 1.54) is 0 Å². The predicted octanol–water partition coefficient (Wildman–Crippen LogP) is 6.11. The van der Waals surface area contributed by atoms with Crippen molar-refractivity contribution in [2.75, 3.05) is 20.7 Å². The van der Waals surface area contributed by atoms with Crippen molar-refractivity contribution in [3.8, 4) is 0 Å². The number of fused-ring (bicyclic) bond motifs is 1. The van der Waals surface area contributed by atoms with Gasteiger partial charge < -0.3 is 31.7 Å². The summed E-state index contributed by atoms with van der Waals surface area (Å²) in [6, 6.07) is -0.595. The van der Waals surface area contributed by atoms with Gasteiger partial charge in [-0.25, -0.2) is 0 Å². The number of allylic oxidation sites excluding steroid dienone is 4. The smallest absolute Gasteiger partial charge is 0.286 e. The summed E-state index contributed by atoms with van der Waals surface area (Å²) >= 11 is 0. The summed E-state index contributed by atoms with van der Waals surface area (Å²) in [6.07, 6.45) is 15.9. The molecule has 2 saturated carbocycles. The van der Waals surface area contributed by atoms with Gasteiger partial charge in [-0.05, 0) is 60.0 Å². The zero-order valence-corrected chi connectivity index (χ0v) is 35.0. The Hall–Kier alpha value is -3.08. The van der Waals surface area contributed by atoms with Crippen molar-refractivity contribution in [3.63, 3.8) is 0 Å². The fourth-order valence-electron chi connectivity index (χ4n) is 7.07. The molecular weight excluding hydrogens is 654 g/mol. The normalized spacial score (nSPS) is 23.0. The summed E-state index contributed by atoms with van der Waals surface area (Å²) in [7, 11) is 3.56. The Kier molecular flexibility index (Phi) is 21.5. The average Bonchev–Trinajstić information content (AvgIpc) is 3.97. The van der Waals surface area contributed by atoms with Crippen molar-refractivity contribution in [1.29, 1.82) is 0 Å². The molecule has 0 aromatic heterocycles. The number of nitrogens with one attached hydrogen (secondary N) is 2. The van der Waals surface area contributed by atoms with Crippen LogP contribution >= 0.6 is 0 Å². The number of hydrogen-bond acceptors (Lipinski definition) is 7. The number of nitrogens with zero attached hydrogens (tertiary/aromatic N) is 1. The van der Waals surface area contributed by atoms with Gasteiger partial charge in [-0.3, -0.25) is 19.2 Å². The van der Waals surface area contributed by atoms with E-state index in [0.717, 1.165) is 31.4 Å². The molecule has 10 heteroatoms. The minimum atomic E-state index is -0.918. The molecule has 3 fully saturated rings. The van der Waals surface area contributed by atoms with E-state index in [1.807, 2.05) is 57.9 Å². The van der Waals surface area contributed by atoms with Gasteiger partial charge in [0.1, 0.15) is 6.10 Å². The molecule has 10 nitrogen and oxygen atoms in total. The Morgan fingerprint density at radius 2 is 1.67 bits per heavy atom. The highest BCUT2D eigenvalue weighted by molar-refractivity contribution is 6.37. The lowest BCUT2D eigenvalue weighted by Gasteiger charge is -2.36. The molecule has 1 heterocycles. The second-order valence-electron chi connectivity index (χ2n) is 15.6. The van der Waals surface area contributed by atoms with Gasteiger partial charge in [-0.2, -0.15) is 0 Å². The van der Waals surface area contributed by atoms with E-state index >= 15 is 0 Å². The van der Waals surface area contributed by atoms with E-state index in [2.05, 4.69) is 83.9 Å². The highest BCUT2D eigenvalue weighted by Crippen LogP contribution is 2.65. The Morgan fingerprint density at radius 1 is 1.10 bits per heavy atom. The molecule has 1 saturated heterocycles. The third-order valence-corrected chi connectivity index (χ3v) is 10.1. The first-order chi connectivity index (χ1) is 24.3. The van der Waals surface area contributed by atoms with Crippen molar-refractivity contribution in [2.24, 2.45) is 46.0 Å². The highest BCUT2D eigenvalue weighted by Gasteiger charge is 2.67.